The average molecular weight is 316 g/mol. The monoisotopic (exact) mass is 315 g/mol. The highest BCUT2D eigenvalue weighted by Crippen LogP contribution is 2.29. The van der Waals surface area contributed by atoms with Gasteiger partial charge in [-0.05, 0) is 38.0 Å². The van der Waals surface area contributed by atoms with Gasteiger partial charge in [-0.1, -0.05) is 36.0 Å². The number of hydrogen-bond acceptors (Lipinski definition) is 2. The van der Waals surface area contributed by atoms with Crippen molar-refractivity contribution in [3.63, 3.8) is 0 Å². The Morgan fingerprint density at radius 1 is 1.35 bits per heavy atom. The molecule has 1 atom stereocenters. The highest BCUT2D eigenvalue weighted by molar-refractivity contribution is 6.35. The Morgan fingerprint density at radius 2 is 2.00 bits per heavy atom. The van der Waals surface area contributed by atoms with E-state index < -0.39 is 6.10 Å². The van der Waals surface area contributed by atoms with Gasteiger partial charge in [-0.3, -0.25) is 4.79 Å². The smallest absolute Gasteiger partial charge is 0.263 e. The van der Waals surface area contributed by atoms with Crippen LogP contribution < -0.4 is 4.74 Å². The number of hydrogen-bond donors (Lipinski definition) is 0. The molecule has 1 saturated carbocycles. The first-order valence-corrected chi connectivity index (χ1v) is 7.63. The normalized spacial score (nSPS) is 17.0. The first-order valence-electron chi connectivity index (χ1n) is 6.87. The Balaban J connectivity index is 1.99. The Labute approximate surface area is 129 Å². The van der Waals surface area contributed by atoms with Crippen molar-refractivity contribution in [1.29, 1.82) is 0 Å². The molecule has 3 nitrogen and oxygen atoms in total. The summed E-state index contributed by atoms with van der Waals surface area (Å²) in [6.07, 6.45) is 3.99. The summed E-state index contributed by atoms with van der Waals surface area (Å²) >= 11 is 11.9. The third kappa shape index (κ3) is 3.58. The standard InChI is InChI=1S/C15H19Cl2NO2/c1-10(15(19)18(2)12-5-3-4-6-12)20-14-8-7-11(16)9-13(14)17/h7-10,12H,3-6H2,1-2H3. The molecule has 20 heavy (non-hydrogen) atoms. The zero-order valence-corrected chi connectivity index (χ0v) is 13.2. The molecule has 0 saturated heterocycles. The predicted octanol–water partition coefficient (Wildman–Crippen LogP) is 4.16. The lowest BCUT2D eigenvalue weighted by molar-refractivity contribution is -0.138. The molecule has 0 heterocycles. The summed E-state index contributed by atoms with van der Waals surface area (Å²) in [4.78, 5) is 14.2. The third-order valence-corrected chi connectivity index (χ3v) is 4.30. The van der Waals surface area contributed by atoms with Crippen molar-refractivity contribution in [2.45, 2.75) is 44.8 Å². The molecule has 0 aromatic heterocycles. The number of likely N-dealkylation sites (N-methyl/N-ethyl adjacent to an activating group) is 1. The maximum Gasteiger partial charge on any atom is 0.263 e. The zero-order chi connectivity index (χ0) is 14.7. The fraction of sp³-hybridized carbons (Fsp3) is 0.533. The summed E-state index contributed by atoms with van der Waals surface area (Å²) in [7, 11) is 1.85. The Morgan fingerprint density at radius 3 is 2.60 bits per heavy atom. The van der Waals surface area contributed by atoms with Gasteiger partial charge in [0.2, 0.25) is 0 Å². The van der Waals surface area contributed by atoms with E-state index in [0.29, 0.717) is 21.8 Å². The van der Waals surface area contributed by atoms with E-state index in [-0.39, 0.29) is 5.91 Å². The van der Waals surface area contributed by atoms with Crippen LogP contribution in [0.5, 0.6) is 5.75 Å². The van der Waals surface area contributed by atoms with E-state index >= 15 is 0 Å². The van der Waals surface area contributed by atoms with E-state index in [4.69, 9.17) is 27.9 Å². The molecule has 110 valence electrons. The van der Waals surface area contributed by atoms with Gasteiger partial charge in [-0.15, -0.1) is 0 Å². The van der Waals surface area contributed by atoms with Crippen LogP contribution in [0, 0.1) is 0 Å². The first kappa shape index (κ1) is 15.5. The summed E-state index contributed by atoms with van der Waals surface area (Å²) in [6, 6.07) is 5.33. The van der Waals surface area contributed by atoms with Crippen LogP contribution in [0.4, 0.5) is 0 Å². The minimum Gasteiger partial charge on any atom is -0.479 e. The van der Waals surface area contributed by atoms with Crippen LogP contribution in [0.15, 0.2) is 18.2 Å². The summed E-state index contributed by atoms with van der Waals surface area (Å²) in [5.74, 6) is 0.472. The third-order valence-electron chi connectivity index (χ3n) is 3.77. The average Bonchev–Trinajstić information content (AvgIpc) is 2.94. The summed E-state index contributed by atoms with van der Waals surface area (Å²) in [5.41, 5.74) is 0. The van der Waals surface area contributed by atoms with Gasteiger partial charge in [0, 0.05) is 18.1 Å². The fourth-order valence-corrected chi connectivity index (χ4v) is 3.02. The quantitative estimate of drug-likeness (QED) is 0.834. The second-order valence-electron chi connectivity index (χ2n) is 5.22. The molecule has 0 aliphatic heterocycles. The lowest BCUT2D eigenvalue weighted by Gasteiger charge is -2.27. The van der Waals surface area contributed by atoms with Crippen LogP contribution in [-0.4, -0.2) is 30.0 Å². The number of rotatable bonds is 4. The van der Waals surface area contributed by atoms with Gasteiger partial charge < -0.3 is 9.64 Å². The van der Waals surface area contributed by atoms with Crippen LogP contribution in [0.3, 0.4) is 0 Å². The van der Waals surface area contributed by atoms with Gasteiger partial charge in [0.15, 0.2) is 6.10 Å². The Bertz CT molecular complexity index is 487. The van der Waals surface area contributed by atoms with Crippen molar-refractivity contribution < 1.29 is 9.53 Å². The Hall–Kier alpha value is -0.930. The molecule has 1 aliphatic carbocycles. The molecule has 1 aliphatic rings. The molecule has 1 aromatic carbocycles. The molecule has 1 unspecified atom stereocenters. The highest BCUT2D eigenvalue weighted by Gasteiger charge is 2.27. The van der Waals surface area contributed by atoms with Crippen LogP contribution in [0.1, 0.15) is 32.6 Å². The number of benzene rings is 1. The lowest BCUT2D eigenvalue weighted by atomic mass is 10.2. The second kappa shape index (κ2) is 6.68. The zero-order valence-electron chi connectivity index (χ0n) is 11.7. The molecule has 0 N–H and O–H groups in total. The molecular formula is C15H19Cl2NO2. The van der Waals surface area contributed by atoms with Gasteiger partial charge in [0.25, 0.3) is 5.91 Å². The molecule has 1 amide bonds. The number of carbonyl (C=O) groups is 1. The van der Waals surface area contributed by atoms with Crippen molar-refractivity contribution in [2.24, 2.45) is 0 Å². The number of nitrogens with zero attached hydrogens (tertiary/aromatic N) is 1. The van der Waals surface area contributed by atoms with Crippen molar-refractivity contribution in [1.82, 2.24) is 4.90 Å². The topological polar surface area (TPSA) is 29.5 Å². The van der Waals surface area contributed by atoms with Gasteiger partial charge in [-0.25, -0.2) is 0 Å². The molecule has 0 spiro atoms. The Kier molecular flexibility index (Phi) is 5.17. The number of amides is 1. The molecule has 0 radical (unpaired) electrons. The maximum atomic E-state index is 12.3. The highest BCUT2D eigenvalue weighted by atomic mass is 35.5. The van der Waals surface area contributed by atoms with Gasteiger partial charge in [0.1, 0.15) is 5.75 Å². The number of halogens is 2. The van der Waals surface area contributed by atoms with Crippen molar-refractivity contribution in [3.8, 4) is 5.75 Å². The SMILES string of the molecule is CC(Oc1ccc(Cl)cc1Cl)C(=O)N(C)C1CCCC1. The summed E-state index contributed by atoms with van der Waals surface area (Å²) < 4.78 is 5.66. The van der Waals surface area contributed by atoms with Gasteiger partial charge in [-0.2, -0.15) is 0 Å². The molecule has 5 heteroatoms. The number of ether oxygens (including phenoxy) is 1. The van der Waals surface area contributed by atoms with Gasteiger partial charge in [0.05, 0.1) is 5.02 Å². The van der Waals surface area contributed by atoms with Crippen LogP contribution in [-0.2, 0) is 4.79 Å². The predicted molar refractivity (Wildman–Crippen MR) is 81.6 cm³/mol. The van der Waals surface area contributed by atoms with E-state index in [1.807, 2.05) is 11.9 Å². The van der Waals surface area contributed by atoms with E-state index in [1.165, 1.54) is 12.8 Å². The van der Waals surface area contributed by atoms with Crippen LogP contribution in [0.25, 0.3) is 0 Å². The molecule has 1 fully saturated rings. The number of carbonyl (C=O) groups excluding carboxylic acids is 1. The second-order valence-corrected chi connectivity index (χ2v) is 6.07. The van der Waals surface area contributed by atoms with E-state index in [2.05, 4.69) is 0 Å². The minimum absolute atomic E-state index is 0.0112. The van der Waals surface area contributed by atoms with Crippen LogP contribution >= 0.6 is 23.2 Å². The van der Waals surface area contributed by atoms with Crippen molar-refractivity contribution in [3.05, 3.63) is 28.2 Å². The lowest BCUT2D eigenvalue weighted by Crippen LogP contribution is -2.42. The molecule has 1 aromatic rings. The van der Waals surface area contributed by atoms with Gasteiger partial charge >= 0.3 is 0 Å². The van der Waals surface area contributed by atoms with E-state index in [0.717, 1.165) is 12.8 Å². The molecular weight excluding hydrogens is 297 g/mol. The van der Waals surface area contributed by atoms with E-state index in [9.17, 15) is 4.79 Å². The summed E-state index contributed by atoms with van der Waals surface area (Å²) in [5, 5.41) is 0.963. The molecule has 2 rings (SSSR count). The fourth-order valence-electron chi connectivity index (χ4n) is 2.57. The van der Waals surface area contributed by atoms with Crippen molar-refractivity contribution >= 4 is 29.1 Å². The van der Waals surface area contributed by atoms with E-state index in [1.54, 1.807) is 25.1 Å². The largest absolute Gasteiger partial charge is 0.479 e. The molecule has 0 bridgehead atoms. The minimum atomic E-state index is -0.556. The van der Waals surface area contributed by atoms with Crippen molar-refractivity contribution in [2.75, 3.05) is 7.05 Å². The van der Waals surface area contributed by atoms with Crippen LogP contribution in [0.2, 0.25) is 10.0 Å². The first-order chi connectivity index (χ1) is 9.49. The summed E-state index contributed by atoms with van der Waals surface area (Å²) in [6.45, 7) is 1.75. The maximum absolute atomic E-state index is 12.3.